The number of aryl methyl sites for hydroxylation is 1. The van der Waals surface area contributed by atoms with Crippen LogP contribution < -0.4 is 5.32 Å². The predicted octanol–water partition coefficient (Wildman–Crippen LogP) is 4.51. The molecule has 0 atom stereocenters. The lowest BCUT2D eigenvalue weighted by Crippen LogP contribution is -2.22. The molecule has 1 amide bonds. The molecule has 0 bridgehead atoms. The van der Waals surface area contributed by atoms with Gasteiger partial charge >= 0.3 is 0 Å². The maximum atomic E-state index is 13.3. The van der Waals surface area contributed by atoms with Crippen LogP contribution in [-0.4, -0.2) is 15.7 Å². The van der Waals surface area contributed by atoms with E-state index < -0.39 is 0 Å². The van der Waals surface area contributed by atoms with Crippen molar-refractivity contribution in [3.05, 3.63) is 95.8 Å². The van der Waals surface area contributed by atoms with Gasteiger partial charge in [-0.2, -0.15) is 5.10 Å². The Morgan fingerprint density at radius 1 is 1.11 bits per heavy atom. The van der Waals surface area contributed by atoms with Crippen molar-refractivity contribution in [1.29, 1.82) is 0 Å². The first-order valence-electron chi connectivity index (χ1n) is 8.83. The van der Waals surface area contributed by atoms with E-state index >= 15 is 0 Å². The molecule has 0 aliphatic rings. The molecule has 0 saturated heterocycles. The molecule has 0 saturated carbocycles. The second-order valence-corrected chi connectivity index (χ2v) is 6.44. The zero-order valence-corrected chi connectivity index (χ0v) is 15.2. The molecule has 0 aliphatic heterocycles. The fourth-order valence-corrected chi connectivity index (χ4v) is 2.87. The maximum absolute atomic E-state index is 13.3. The van der Waals surface area contributed by atoms with Gasteiger partial charge in [-0.05, 0) is 43.3 Å². The van der Waals surface area contributed by atoms with Crippen LogP contribution in [0.2, 0.25) is 0 Å². The molecule has 140 valence electrons. The third-order valence-corrected chi connectivity index (χ3v) is 4.38. The maximum Gasteiger partial charge on any atom is 0.255 e. The predicted molar refractivity (Wildman–Crippen MR) is 104 cm³/mol. The molecule has 2 aromatic heterocycles. The van der Waals surface area contributed by atoms with Gasteiger partial charge in [0.25, 0.3) is 5.91 Å². The van der Waals surface area contributed by atoms with Crippen molar-refractivity contribution in [3.8, 4) is 16.9 Å². The van der Waals surface area contributed by atoms with Crippen molar-refractivity contribution in [2.45, 2.75) is 13.5 Å². The molecule has 5 nitrogen and oxygen atoms in total. The number of carbonyl (C=O) groups is 1. The highest BCUT2D eigenvalue weighted by molar-refractivity contribution is 5.99. The molecule has 4 aromatic rings. The van der Waals surface area contributed by atoms with Crippen molar-refractivity contribution in [1.82, 2.24) is 15.1 Å². The Kier molecular flexibility index (Phi) is 4.76. The summed E-state index contributed by atoms with van der Waals surface area (Å²) < 4.78 is 20.1. The second kappa shape index (κ2) is 7.52. The van der Waals surface area contributed by atoms with Crippen LogP contribution in [0.3, 0.4) is 0 Å². The number of nitrogens with zero attached hydrogens (tertiary/aromatic N) is 2. The van der Waals surface area contributed by atoms with Crippen molar-refractivity contribution in [3.63, 3.8) is 0 Å². The standard InChI is InChI=1S/C22H18FN3O2/c1-15-4-6-16(7-5-15)21-20(22(27)24-13-19-3-2-12-28-19)14-26(25-21)18-10-8-17(23)9-11-18/h2-12,14H,13H2,1H3,(H,24,27). The van der Waals surface area contributed by atoms with Gasteiger partial charge < -0.3 is 9.73 Å². The SMILES string of the molecule is Cc1ccc(-c2nn(-c3ccc(F)cc3)cc2C(=O)NCc2ccco2)cc1. The van der Waals surface area contributed by atoms with E-state index in [1.54, 1.807) is 41.4 Å². The number of furan rings is 1. The first kappa shape index (κ1) is 17.7. The second-order valence-electron chi connectivity index (χ2n) is 6.44. The Morgan fingerprint density at radius 3 is 2.54 bits per heavy atom. The highest BCUT2D eigenvalue weighted by Crippen LogP contribution is 2.24. The third-order valence-electron chi connectivity index (χ3n) is 4.38. The zero-order chi connectivity index (χ0) is 19.5. The van der Waals surface area contributed by atoms with E-state index in [1.807, 2.05) is 31.2 Å². The third kappa shape index (κ3) is 3.71. The van der Waals surface area contributed by atoms with Gasteiger partial charge in [0.2, 0.25) is 0 Å². The van der Waals surface area contributed by atoms with Crippen LogP contribution in [0.4, 0.5) is 4.39 Å². The van der Waals surface area contributed by atoms with E-state index in [1.165, 1.54) is 12.1 Å². The van der Waals surface area contributed by atoms with Crippen LogP contribution in [0, 0.1) is 12.7 Å². The number of nitrogens with one attached hydrogen (secondary N) is 1. The first-order valence-corrected chi connectivity index (χ1v) is 8.83. The van der Waals surface area contributed by atoms with Crippen molar-refractivity contribution in [2.24, 2.45) is 0 Å². The number of rotatable bonds is 5. The lowest BCUT2D eigenvalue weighted by molar-refractivity contribution is 0.0948. The molecule has 1 N–H and O–H groups in total. The van der Waals surface area contributed by atoms with Gasteiger partial charge in [0, 0.05) is 11.8 Å². The summed E-state index contributed by atoms with van der Waals surface area (Å²) in [6, 6.07) is 17.3. The van der Waals surface area contributed by atoms with Crippen molar-refractivity contribution >= 4 is 5.91 Å². The lowest BCUT2D eigenvalue weighted by Gasteiger charge is -2.04. The average Bonchev–Trinajstić information content (AvgIpc) is 3.37. The normalized spacial score (nSPS) is 10.8. The summed E-state index contributed by atoms with van der Waals surface area (Å²) in [5.74, 6) is 0.0718. The van der Waals surface area contributed by atoms with Crippen LogP contribution in [0.15, 0.2) is 77.5 Å². The Morgan fingerprint density at radius 2 is 1.86 bits per heavy atom. The van der Waals surface area contributed by atoms with Crippen LogP contribution in [0.25, 0.3) is 16.9 Å². The largest absolute Gasteiger partial charge is 0.467 e. The molecule has 0 fully saturated rings. The van der Waals surface area contributed by atoms with Gasteiger partial charge in [0.05, 0.1) is 24.1 Å². The topological polar surface area (TPSA) is 60.1 Å². The Balaban J connectivity index is 1.70. The molecule has 0 radical (unpaired) electrons. The van der Waals surface area contributed by atoms with Crippen LogP contribution >= 0.6 is 0 Å². The van der Waals surface area contributed by atoms with E-state index in [-0.39, 0.29) is 18.3 Å². The molecule has 0 unspecified atom stereocenters. The number of benzene rings is 2. The smallest absolute Gasteiger partial charge is 0.255 e. The highest BCUT2D eigenvalue weighted by atomic mass is 19.1. The van der Waals surface area contributed by atoms with E-state index in [4.69, 9.17) is 4.42 Å². The van der Waals surface area contributed by atoms with E-state index in [2.05, 4.69) is 10.4 Å². The Hall–Kier alpha value is -3.67. The van der Waals surface area contributed by atoms with Crippen LogP contribution in [0.1, 0.15) is 21.7 Å². The summed E-state index contributed by atoms with van der Waals surface area (Å²) in [4.78, 5) is 12.8. The number of aromatic nitrogens is 2. The van der Waals surface area contributed by atoms with Gasteiger partial charge in [-0.15, -0.1) is 0 Å². The zero-order valence-electron chi connectivity index (χ0n) is 15.2. The van der Waals surface area contributed by atoms with Gasteiger partial charge in [-0.1, -0.05) is 29.8 Å². The number of carbonyl (C=O) groups excluding carboxylic acids is 1. The highest BCUT2D eigenvalue weighted by Gasteiger charge is 2.19. The average molecular weight is 375 g/mol. The number of hydrogen-bond donors (Lipinski definition) is 1. The van der Waals surface area contributed by atoms with Crippen LogP contribution in [0.5, 0.6) is 0 Å². The Labute approximate surface area is 161 Å². The van der Waals surface area contributed by atoms with Crippen molar-refractivity contribution in [2.75, 3.05) is 0 Å². The molecule has 2 aromatic carbocycles. The number of amides is 1. The number of hydrogen-bond acceptors (Lipinski definition) is 3. The Bertz CT molecular complexity index is 1080. The molecule has 0 aliphatic carbocycles. The summed E-state index contributed by atoms with van der Waals surface area (Å²) in [5, 5.41) is 7.44. The summed E-state index contributed by atoms with van der Waals surface area (Å²) >= 11 is 0. The minimum atomic E-state index is -0.328. The van der Waals surface area contributed by atoms with Gasteiger partial charge in [0.1, 0.15) is 17.3 Å². The fourth-order valence-electron chi connectivity index (χ4n) is 2.87. The van der Waals surface area contributed by atoms with E-state index in [9.17, 15) is 9.18 Å². The quantitative estimate of drug-likeness (QED) is 0.558. The van der Waals surface area contributed by atoms with Gasteiger partial charge in [-0.3, -0.25) is 4.79 Å². The number of halogens is 1. The minimum Gasteiger partial charge on any atom is -0.467 e. The molecule has 6 heteroatoms. The molecular formula is C22H18FN3O2. The molecule has 28 heavy (non-hydrogen) atoms. The summed E-state index contributed by atoms with van der Waals surface area (Å²) in [7, 11) is 0. The molecule has 4 rings (SSSR count). The monoisotopic (exact) mass is 375 g/mol. The summed E-state index contributed by atoms with van der Waals surface area (Å²) in [5.41, 5.74) is 3.60. The van der Waals surface area contributed by atoms with E-state index in [0.717, 1.165) is 11.1 Å². The summed E-state index contributed by atoms with van der Waals surface area (Å²) in [6.45, 7) is 2.28. The molecule has 2 heterocycles. The van der Waals surface area contributed by atoms with E-state index in [0.29, 0.717) is 22.7 Å². The lowest BCUT2D eigenvalue weighted by atomic mass is 10.1. The molecular weight excluding hydrogens is 357 g/mol. The summed E-state index contributed by atoms with van der Waals surface area (Å²) in [6.07, 6.45) is 3.21. The minimum absolute atomic E-state index is 0.264. The first-order chi connectivity index (χ1) is 13.6. The van der Waals surface area contributed by atoms with Crippen LogP contribution in [-0.2, 0) is 6.54 Å². The van der Waals surface area contributed by atoms with Crippen molar-refractivity contribution < 1.29 is 13.6 Å². The van der Waals surface area contributed by atoms with Gasteiger partial charge in [-0.25, -0.2) is 9.07 Å². The molecule has 0 spiro atoms. The fraction of sp³-hybridized carbons (Fsp3) is 0.0909. The van der Waals surface area contributed by atoms with Gasteiger partial charge in [0.15, 0.2) is 0 Å².